The first-order chi connectivity index (χ1) is 9.65. The number of nitrogens with zero attached hydrogens (tertiary/aromatic N) is 2. The van der Waals surface area contributed by atoms with Crippen molar-refractivity contribution in [3.8, 4) is 0 Å². The summed E-state index contributed by atoms with van der Waals surface area (Å²) in [7, 11) is 1.31. The lowest BCUT2D eigenvalue weighted by Crippen LogP contribution is -2.41. The van der Waals surface area contributed by atoms with Crippen LogP contribution in [0.3, 0.4) is 0 Å². The third-order valence-electron chi connectivity index (χ3n) is 3.20. The van der Waals surface area contributed by atoms with E-state index in [1.54, 1.807) is 11.3 Å². The Kier molecular flexibility index (Phi) is 4.94. The maximum absolute atomic E-state index is 12.0. The van der Waals surface area contributed by atoms with Gasteiger partial charge in [0.05, 0.1) is 17.8 Å². The highest BCUT2D eigenvalue weighted by atomic mass is 32.1. The van der Waals surface area contributed by atoms with E-state index in [9.17, 15) is 9.59 Å². The van der Waals surface area contributed by atoms with Crippen LogP contribution in [0.4, 0.5) is 4.79 Å². The Morgan fingerprint density at radius 2 is 2.35 bits per heavy atom. The van der Waals surface area contributed by atoms with Gasteiger partial charge in [-0.1, -0.05) is 6.92 Å². The molecule has 0 unspecified atom stereocenters. The summed E-state index contributed by atoms with van der Waals surface area (Å²) in [4.78, 5) is 29.3. The molecule has 1 aromatic heterocycles. The summed E-state index contributed by atoms with van der Waals surface area (Å²) in [6.45, 7) is 2.71. The van der Waals surface area contributed by atoms with E-state index in [-0.39, 0.29) is 12.6 Å². The topological polar surface area (TPSA) is 68.7 Å². The molecule has 1 aliphatic rings. The molecule has 2 heterocycles. The van der Waals surface area contributed by atoms with Crippen molar-refractivity contribution in [1.82, 2.24) is 9.88 Å². The fraction of sp³-hybridized carbons (Fsp3) is 0.615. The average molecular weight is 298 g/mol. The predicted molar refractivity (Wildman–Crippen MR) is 73.4 cm³/mol. The number of ether oxygens (including phenoxy) is 2. The van der Waals surface area contributed by atoms with Crippen molar-refractivity contribution in [3.05, 3.63) is 16.1 Å². The lowest BCUT2D eigenvalue weighted by Gasteiger charge is -2.21. The molecular weight excluding hydrogens is 280 g/mol. The SMILES string of the molecule is CCc1nc(COC(=O)[C@H]2CCCN2C(=O)OC)cs1. The lowest BCUT2D eigenvalue weighted by atomic mass is 10.2. The Hall–Kier alpha value is -1.63. The van der Waals surface area contributed by atoms with Gasteiger partial charge in [-0.05, 0) is 19.3 Å². The molecule has 1 atom stereocenters. The molecule has 1 fully saturated rings. The molecule has 6 nitrogen and oxygen atoms in total. The maximum atomic E-state index is 12.0. The third kappa shape index (κ3) is 3.27. The molecule has 7 heteroatoms. The van der Waals surface area contributed by atoms with Crippen molar-refractivity contribution in [2.45, 2.75) is 38.8 Å². The normalized spacial score (nSPS) is 18.1. The second-order valence-corrected chi connectivity index (χ2v) is 5.46. The molecule has 0 bridgehead atoms. The van der Waals surface area contributed by atoms with Crippen LogP contribution in [0.1, 0.15) is 30.5 Å². The van der Waals surface area contributed by atoms with Gasteiger partial charge < -0.3 is 9.47 Å². The Labute approximate surface area is 121 Å². The van der Waals surface area contributed by atoms with Crippen molar-refractivity contribution >= 4 is 23.4 Å². The first kappa shape index (κ1) is 14.8. The number of carbonyl (C=O) groups excluding carboxylic acids is 2. The van der Waals surface area contributed by atoms with Crippen molar-refractivity contribution < 1.29 is 19.1 Å². The molecule has 0 saturated carbocycles. The van der Waals surface area contributed by atoms with Crippen LogP contribution in [0.5, 0.6) is 0 Å². The number of likely N-dealkylation sites (tertiary alicyclic amines) is 1. The third-order valence-corrected chi connectivity index (χ3v) is 4.24. The van der Waals surface area contributed by atoms with Crippen LogP contribution < -0.4 is 0 Å². The van der Waals surface area contributed by atoms with E-state index in [0.717, 1.165) is 23.5 Å². The summed E-state index contributed by atoms with van der Waals surface area (Å²) < 4.78 is 9.91. The lowest BCUT2D eigenvalue weighted by molar-refractivity contribution is -0.149. The Morgan fingerprint density at radius 3 is 3.00 bits per heavy atom. The number of carbonyl (C=O) groups is 2. The summed E-state index contributed by atoms with van der Waals surface area (Å²) in [6.07, 6.45) is 1.79. The first-order valence-electron chi connectivity index (χ1n) is 6.60. The van der Waals surface area contributed by atoms with Crippen LogP contribution in [0.2, 0.25) is 0 Å². The minimum atomic E-state index is -0.535. The minimum Gasteiger partial charge on any atom is -0.458 e. The fourth-order valence-electron chi connectivity index (χ4n) is 2.17. The van der Waals surface area contributed by atoms with Crippen LogP contribution in [-0.4, -0.2) is 41.6 Å². The highest BCUT2D eigenvalue weighted by molar-refractivity contribution is 7.09. The van der Waals surface area contributed by atoms with E-state index in [1.165, 1.54) is 12.0 Å². The van der Waals surface area contributed by atoms with Gasteiger partial charge in [-0.15, -0.1) is 11.3 Å². The highest BCUT2D eigenvalue weighted by Crippen LogP contribution is 2.20. The van der Waals surface area contributed by atoms with Gasteiger partial charge in [0.1, 0.15) is 12.6 Å². The number of esters is 1. The number of hydrogen-bond acceptors (Lipinski definition) is 6. The van der Waals surface area contributed by atoms with Gasteiger partial charge in [0.25, 0.3) is 0 Å². The summed E-state index contributed by atoms with van der Waals surface area (Å²) in [5.74, 6) is -0.390. The zero-order valence-corrected chi connectivity index (χ0v) is 12.4. The van der Waals surface area contributed by atoms with Crippen LogP contribution in [0, 0.1) is 0 Å². The van der Waals surface area contributed by atoms with E-state index in [0.29, 0.717) is 13.0 Å². The van der Waals surface area contributed by atoms with Gasteiger partial charge in [0.2, 0.25) is 0 Å². The molecule has 0 aliphatic carbocycles. The van der Waals surface area contributed by atoms with Gasteiger partial charge in [-0.3, -0.25) is 4.90 Å². The molecule has 0 radical (unpaired) electrons. The van der Waals surface area contributed by atoms with Crippen LogP contribution in [-0.2, 0) is 27.3 Å². The van der Waals surface area contributed by atoms with E-state index in [1.807, 2.05) is 12.3 Å². The minimum absolute atomic E-state index is 0.154. The molecule has 110 valence electrons. The summed E-state index contributed by atoms with van der Waals surface area (Å²) in [5, 5.41) is 2.91. The van der Waals surface area contributed by atoms with Crippen LogP contribution in [0.25, 0.3) is 0 Å². The molecule has 1 aromatic rings. The molecule has 20 heavy (non-hydrogen) atoms. The van der Waals surface area contributed by atoms with Gasteiger partial charge in [-0.2, -0.15) is 0 Å². The number of rotatable bonds is 4. The van der Waals surface area contributed by atoms with Crippen molar-refractivity contribution in [2.24, 2.45) is 0 Å². The Morgan fingerprint density at radius 1 is 1.55 bits per heavy atom. The van der Waals surface area contributed by atoms with Crippen molar-refractivity contribution in [1.29, 1.82) is 0 Å². The molecule has 1 saturated heterocycles. The highest BCUT2D eigenvalue weighted by Gasteiger charge is 2.35. The number of thiazole rings is 1. The Bertz CT molecular complexity index is 488. The van der Waals surface area contributed by atoms with E-state index in [2.05, 4.69) is 9.72 Å². The smallest absolute Gasteiger partial charge is 0.410 e. The van der Waals surface area contributed by atoms with Crippen LogP contribution in [0.15, 0.2) is 5.38 Å². The second-order valence-electron chi connectivity index (χ2n) is 4.52. The summed E-state index contributed by atoms with van der Waals surface area (Å²) in [6, 6.07) is -0.535. The number of methoxy groups -OCH3 is 1. The first-order valence-corrected chi connectivity index (χ1v) is 7.48. The second kappa shape index (κ2) is 6.69. The molecule has 0 aromatic carbocycles. The largest absolute Gasteiger partial charge is 0.458 e. The quantitative estimate of drug-likeness (QED) is 0.795. The molecule has 2 rings (SSSR count). The predicted octanol–water partition coefficient (Wildman–Crippen LogP) is 1.98. The van der Waals surface area contributed by atoms with Gasteiger partial charge >= 0.3 is 12.1 Å². The van der Waals surface area contributed by atoms with E-state index >= 15 is 0 Å². The molecule has 1 aliphatic heterocycles. The average Bonchev–Trinajstić information content (AvgIpc) is 3.12. The Balaban J connectivity index is 1.89. The maximum Gasteiger partial charge on any atom is 0.410 e. The number of amides is 1. The summed E-state index contributed by atoms with van der Waals surface area (Å²) in [5.41, 5.74) is 0.753. The number of hydrogen-bond donors (Lipinski definition) is 0. The summed E-state index contributed by atoms with van der Waals surface area (Å²) >= 11 is 1.56. The fourth-order valence-corrected chi connectivity index (χ4v) is 2.90. The van der Waals surface area contributed by atoms with Gasteiger partial charge in [0, 0.05) is 11.9 Å². The van der Waals surface area contributed by atoms with E-state index in [4.69, 9.17) is 4.74 Å². The molecular formula is C13H18N2O4S. The number of aromatic nitrogens is 1. The van der Waals surface area contributed by atoms with Crippen molar-refractivity contribution in [3.63, 3.8) is 0 Å². The monoisotopic (exact) mass is 298 g/mol. The molecule has 0 spiro atoms. The zero-order valence-electron chi connectivity index (χ0n) is 11.6. The molecule has 1 amide bonds. The van der Waals surface area contributed by atoms with E-state index < -0.39 is 12.1 Å². The number of aryl methyl sites for hydroxylation is 1. The van der Waals surface area contributed by atoms with Gasteiger partial charge in [0.15, 0.2) is 0 Å². The van der Waals surface area contributed by atoms with Crippen LogP contribution >= 0.6 is 11.3 Å². The molecule has 0 N–H and O–H groups in total. The van der Waals surface area contributed by atoms with Crippen molar-refractivity contribution in [2.75, 3.05) is 13.7 Å². The standard InChI is InChI=1S/C13H18N2O4S/c1-3-11-14-9(8-20-11)7-19-12(16)10-5-4-6-15(10)13(17)18-2/h8,10H,3-7H2,1-2H3/t10-/m1/s1. The van der Waals surface area contributed by atoms with Gasteiger partial charge in [-0.25, -0.2) is 14.6 Å². The zero-order chi connectivity index (χ0) is 14.5.